The van der Waals surface area contributed by atoms with Crippen LogP contribution in [-0.4, -0.2) is 13.7 Å². The number of halogens is 1. The smallest absolute Gasteiger partial charge is 0.123 e. The molecule has 1 heterocycles. The van der Waals surface area contributed by atoms with E-state index in [1.54, 1.807) is 7.11 Å². The van der Waals surface area contributed by atoms with Crippen LogP contribution in [0.2, 0.25) is 0 Å². The molecule has 3 heteroatoms. The number of hydrogen-bond donors (Lipinski definition) is 1. The lowest BCUT2D eigenvalue weighted by atomic mass is 10.0. The second-order valence-electron chi connectivity index (χ2n) is 4.19. The molecule has 0 radical (unpaired) electrons. The summed E-state index contributed by atoms with van der Waals surface area (Å²) < 4.78 is 6.50. The molecule has 1 saturated heterocycles. The van der Waals surface area contributed by atoms with Crippen LogP contribution >= 0.6 is 15.9 Å². The number of nitrogens with one attached hydrogen (secondary N) is 1. The maximum Gasteiger partial charge on any atom is 0.123 e. The van der Waals surface area contributed by atoms with Crippen molar-refractivity contribution in [1.29, 1.82) is 0 Å². The zero-order chi connectivity index (χ0) is 10.8. The molecule has 0 saturated carbocycles. The standard InChI is InChI=1S/C12H16BrNO/c1-8-5-11(14-7-8)10-6-9(13)3-4-12(10)15-2/h3-4,6,8,11,14H,5,7H2,1-2H3. The second kappa shape index (κ2) is 4.54. The van der Waals surface area contributed by atoms with Crippen molar-refractivity contribution in [2.75, 3.05) is 13.7 Å². The third kappa shape index (κ3) is 2.34. The van der Waals surface area contributed by atoms with Crippen molar-refractivity contribution in [3.05, 3.63) is 28.2 Å². The van der Waals surface area contributed by atoms with E-state index in [4.69, 9.17) is 4.74 Å². The molecule has 1 aliphatic rings. The van der Waals surface area contributed by atoms with Crippen LogP contribution in [0.1, 0.15) is 24.9 Å². The predicted molar refractivity (Wildman–Crippen MR) is 65.2 cm³/mol. The zero-order valence-electron chi connectivity index (χ0n) is 9.09. The van der Waals surface area contributed by atoms with Gasteiger partial charge in [-0.2, -0.15) is 0 Å². The van der Waals surface area contributed by atoms with E-state index in [-0.39, 0.29) is 0 Å². The van der Waals surface area contributed by atoms with Gasteiger partial charge in [-0.15, -0.1) is 0 Å². The number of hydrogen-bond acceptors (Lipinski definition) is 2. The van der Waals surface area contributed by atoms with Crippen LogP contribution in [0.4, 0.5) is 0 Å². The van der Waals surface area contributed by atoms with Gasteiger partial charge in [0, 0.05) is 16.1 Å². The van der Waals surface area contributed by atoms with E-state index >= 15 is 0 Å². The maximum atomic E-state index is 5.39. The van der Waals surface area contributed by atoms with Crippen molar-refractivity contribution < 1.29 is 4.74 Å². The summed E-state index contributed by atoms with van der Waals surface area (Å²) in [6.45, 7) is 3.37. The number of methoxy groups -OCH3 is 1. The highest BCUT2D eigenvalue weighted by Crippen LogP contribution is 2.34. The van der Waals surface area contributed by atoms with E-state index in [9.17, 15) is 0 Å². The monoisotopic (exact) mass is 269 g/mol. The first-order chi connectivity index (χ1) is 7.20. The molecule has 0 amide bonds. The quantitative estimate of drug-likeness (QED) is 0.891. The van der Waals surface area contributed by atoms with E-state index in [2.05, 4.69) is 34.2 Å². The van der Waals surface area contributed by atoms with Crippen LogP contribution in [0.5, 0.6) is 5.75 Å². The van der Waals surface area contributed by atoms with E-state index in [0.29, 0.717) is 6.04 Å². The summed E-state index contributed by atoms with van der Waals surface area (Å²) >= 11 is 3.50. The first-order valence-corrected chi connectivity index (χ1v) is 6.07. The van der Waals surface area contributed by atoms with Crippen LogP contribution in [0.25, 0.3) is 0 Å². The SMILES string of the molecule is COc1ccc(Br)cc1C1CC(C)CN1. The lowest BCUT2D eigenvalue weighted by Crippen LogP contribution is -2.14. The highest BCUT2D eigenvalue weighted by atomic mass is 79.9. The first-order valence-electron chi connectivity index (χ1n) is 5.27. The number of benzene rings is 1. The van der Waals surface area contributed by atoms with E-state index in [1.807, 2.05) is 12.1 Å². The Bertz CT molecular complexity index is 353. The summed E-state index contributed by atoms with van der Waals surface area (Å²) in [7, 11) is 1.73. The molecule has 0 aromatic heterocycles. The highest BCUT2D eigenvalue weighted by Gasteiger charge is 2.24. The Morgan fingerprint density at radius 1 is 1.47 bits per heavy atom. The summed E-state index contributed by atoms with van der Waals surface area (Å²) in [5.74, 6) is 1.73. The average Bonchev–Trinajstić information content (AvgIpc) is 2.65. The van der Waals surface area contributed by atoms with Gasteiger partial charge in [-0.05, 0) is 37.1 Å². The molecule has 1 N–H and O–H groups in total. The lowest BCUT2D eigenvalue weighted by Gasteiger charge is -2.15. The normalized spacial score (nSPS) is 25.5. The fraction of sp³-hybridized carbons (Fsp3) is 0.500. The van der Waals surface area contributed by atoms with Crippen molar-refractivity contribution in [1.82, 2.24) is 5.32 Å². The molecule has 82 valence electrons. The highest BCUT2D eigenvalue weighted by molar-refractivity contribution is 9.10. The molecular formula is C12H16BrNO. The molecule has 1 aliphatic heterocycles. The number of rotatable bonds is 2. The summed E-state index contributed by atoms with van der Waals surface area (Å²) in [5.41, 5.74) is 1.26. The molecule has 2 rings (SSSR count). The Balaban J connectivity index is 2.29. The van der Waals surface area contributed by atoms with Crippen molar-refractivity contribution in [3.63, 3.8) is 0 Å². The van der Waals surface area contributed by atoms with Crippen molar-refractivity contribution in [2.24, 2.45) is 5.92 Å². The van der Waals surface area contributed by atoms with Gasteiger partial charge in [0.1, 0.15) is 5.75 Å². The fourth-order valence-electron chi connectivity index (χ4n) is 2.13. The Morgan fingerprint density at radius 2 is 2.27 bits per heavy atom. The molecule has 0 aliphatic carbocycles. The van der Waals surface area contributed by atoms with Gasteiger partial charge in [-0.1, -0.05) is 22.9 Å². The van der Waals surface area contributed by atoms with Crippen LogP contribution in [-0.2, 0) is 0 Å². The van der Waals surface area contributed by atoms with Gasteiger partial charge in [-0.3, -0.25) is 0 Å². The molecule has 1 aromatic rings. The molecular weight excluding hydrogens is 254 g/mol. The second-order valence-corrected chi connectivity index (χ2v) is 5.10. The van der Waals surface area contributed by atoms with Gasteiger partial charge in [0.2, 0.25) is 0 Å². The Hall–Kier alpha value is -0.540. The molecule has 1 aromatic carbocycles. The van der Waals surface area contributed by atoms with E-state index in [0.717, 1.165) is 22.7 Å². The molecule has 0 bridgehead atoms. The minimum atomic E-state index is 0.437. The molecule has 0 spiro atoms. The Labute approximate surface area is 99.1 Å². The minimum Gasteiger partial charge on any atom is -0.496 e. The van der Waals surface area contributed by atoms with Crippen LogP contribution in [0.15, 0.2) is 22.7 Å². The average molecular weight is 270 g/mol. The van der Waals surface area contributed by atoms with Gasteiger partial charge in [0.05, 0.1) is 7.11 Å². The van der Waals surface area contributed by atoms with Gasteiger partial charge in [0.15, 0.2) is 0 Å². The minimum absolute atomic E-state index is 0.437. The fourth-order valence-corrected chi connectivity index (χ4v) is 2.51. The Morgan fingerprint density at radius 3 is 2.87 bits per heavy atom. The van der Waals surface area contributed by atoms with Gasteiger partial charge < -0.3 is 10.1 Å². The van der Waals surface area contributed by atoms with Crippen molar-refractivity contribution in [3.8, 4) is 5.75 Å². The molecule has 2 unspecified atom stereocenters. The van der Waals surface area contributed by atoms with Gasteiger partial charge in [0.25, 0.3) is 0 Å². The van der Waals surface area contributed by atoms with E-state index in [1.165, 1.54) is 12.0 Å². The summed E-state index contributed by atoms with van der Waals surface area (Å²) in [5, 5.41) is 3.52. The van der Waals surface area contributed by atoms with Crippen molar-refractivity contribution >= 4 is 15.9 Å². The largest absolute Gasteiger partial charge is 0.496 e. The molecule has 2 nitrogen and oxygen atoms in total. The first kappa shape index (κ1) is 11.0. The van der Waals surface area contributed by atoms with Crippen molar-refractivity contribution in [2.45, 2.75) is 19.4 Å². The molecule has 15 heavy (non-hydrogen) atoms. The van der Waals surface area contributed by atoms with Crippen LogP contribution in [0.3, 0.4) is 0 Å². The topological polar surface area (TPSA) is 21.3 Å². The number of ether oxygens (including phenoxy) is 1. The summed E-state index contributed by atoms with van der Waals surface area (Å²) in [6, 6.07) is 6.62. The Kier molecular flexibility index (Phi) is 3.32. The third-order valence-corrected chi connectivity index (χ3v) is 3.41. The van der Waals surface area contributed by atoms with Crippen LogP contribution < -0.4 is 10.1 Å². The lowest BCUT2D eigenvalue weighted by molar-refractivity contribution is 0.402. The summed E-state index contributed by atoms with van der Waals surface area (Å²) in [4.78, 5) is 0. The molecule has 1 fully saturated rings. The van der Waals surface area contributed by atoms with Gasteiger partial charge >= 0.3 is 0 Å². The molecule has 2 atom stereocenters. The van der Waals surface area contributed by atoms with Gasteiger partial charge in [-0.25, -0.2) is 0 Å². The zero-order valence-corrected chi connectivity index (χ0v) is 10.7. The van der Waals surface area contributed by atoms with E-state index < -0.39 is 0 Å². The maximum absolute atomic E-state index is 5.39. The summed E-state index contributed by atoms with van der Waals surface area (Å²) in [6.07, 6.45) is 1.19. The third-order valence-electron chi connectivity index (χ3n) is 2.92. The van der Waals surface area contributed by atoms with Crippen LogP contribution in [0, 0.1) is 5.92 Å². The predicted octanol–water partition coefficient (Wildman–Crippen LogP) is 3.13.